The van der Waals surface area contributed by atoms with Crippen LogP contribution in [0.4, 0.5) is 0 Å². The minimum atomic E-state index is 0.134. The second-order valence-corrected chi connectivity index (χ2v) is 4.10. The fourth-order valence-electron chi connectivity index (χ4n) is 4.12. The molecule has 0 spiro atoms. The summed E-state index contributed by atoms with van der Waals surface area (Å²) in [6.07, 6.45) is 0.843. The summed E-state index contributed by atoms with van der Waals surface area (Å²) in [6.45, 7) is 0. The molecule has 5 saturated heterocycles. The maximum Gasteiger partial charge on any atom is 0.135 e. The van der Waals surface area contributed by atoms with E-state index in [1.165, 1.54) is 0 Å². The lowest BCUT2D eigenvalue weighted by Gasteiger charge is -3.07. The van der Waals surface area contributed by atoms with Gasteiger partial charge in [0.2, 0.25) is 0 Å². The highest BCUT2D eigenvalue weighted by atomic mass is 15.9. The lowest BCUT2D eigenvalue weighted by Crippen LogP contribution is -3.25. The molecule has 1 aliphatic carbocycles. The lowest BCUT2D eigenvalue weighted by molar-refractivity contribution is -0.644. The van der Waals surface area contributed by atoms with Crippen LogP contribution in [0.25, 0.3) is 0 Å². The highest BCUT2D eigenvalue weighted by Gasteiger charge is 3.03. The van der Waals surface area contributed by atoms with Crippen LogP contribution in [-0.2, 0) is 0 Å². The van der Waals surface area contributed by atoms with E-state index in [0.29, 0.717) is 0 Å². The first kappa shape index (κ1) is 3.32. The van der Waals surface area contributed by atoms with Crippen molar-refractivity contribution in [1.82, 2.24) is 9.80 Å². The summed E-state index contributed by atoms with van der Waals surface area (Å²) in [5.41, 5.74) is 6.03. The predicted octanol–water partition coefficient (Wildman–Crippen LogP) is -1.43. The molecule has 0 aromatic heterocycles. The van der Waals surface area contributed by atoms with Crippen molar-refractivity contribution >= 4 is 0 Å². The van der Waals surface area contributed by atoms with Crippen molar-refractivity contribution in [3.63, 3.8) is 0 Å². The van der Waals surface area contributed by atoms with Crippen molar-refractivity contribution in [3.8, 4) is 0 Å². The van der Waals surface area contributed by atoms with Gasteiger partial charge in [-0.1, -0.05) is 0 Å². The van der Waals surface area contributed by atoms with E-state index in [1.54, 1.807) is 0 Å². The highest BCUT2D eigenvalue weighted by Crippen LogP contribution is 2.86. The Bertz CT molecular complexity index is 210. The van der Waals surface area contributed by atoms with Crippen molar-refractivity contribution in [3.05, 3.63) is 0 Å². The quantitative estimate of drug-likeness (QED) is 0.426. The molecule has 2 N–H and O–H groups in total. The molecule has 3 nitrogen and oxygen atoms in total. The van der Waals surface area contributed by atoms with Crippen LogP contribution in [-0.4, -0.2) is 33.8 Å². The van der Waals surface area contributed by atoms with Crippen LogP contribution in [0.15, 0.2) is 0 Å². The molecule has 46 valence electrons. The smallest absolute Gasteiger partial charge is 0.135 e. The average Bonchev–Trinajstić information content (AvgIpc) is 1.88. The van der Waals surface area contributed by atoms with Crippen molar-refractivity contribution in [2.75, 3.05) is 0 Å². The monoisotopic (exact) mass is 121 g/mol. The van der Waals surface area contributed by atoms with E-state index in [9.17, 15) is 0 Å². The molecule has 2 atom stereocenters. The summed E-state index contributed by atoms with van der Waals surface area (Å²) >= 11 is 0. The number of hydrogen-bond donors (Lipinski definition) is 1. The minimum Gasteiger partial charge on any atom is -0.300 e. The minimum absolute atomic E-state index is 0.134. The van der Waals surface area contributed by atoms with Crippen molar-refractivity contribution in [1.29, 1.82) is 0 Å². The van der Waals surface area contributed by atoms with E-state index in [1.807, 2.05) is 0 Å². The molecule has 0 bridgehead atoms. The van der Waals surface area contributed by atoms with Gasteiger partial charge in [-0.3, -0.25) is 9.80 Å². The fourth-order valence-corrected chi connectivity index (χ4v) is 4.12. The van der Waals surface area contributed by atoms with Crippen LogP contribution in [0.1, 0.15) is 0 Å². The number of hydrogen-bond acceptors (Lipinski definition) is 3. The summed E-state index contributed by atoms with van der Waals surface area (Å²) in [6, 6.07) is 1.94. The van der Waals surface area contributed by atoms with Gasteiger partial charge >= 0.3 is 0 Å². The van der Waals surface area contributed by atoms with Crippen molar-refractivity contribution < 1.29 is 0 Å². The first-order valence-corrected chi connectivity index (χ1v) is 3.72. The molecule has 5 aliphatic heterocycles. The van der Waals surface area contributed by atoms with Gasteiger partial charge in [-0.15, -0.1) is 0 Å². The van der Waals surface area contributed by atoms with Gasteiger partial charge in [-0.05, 0) is 0 Å². The van der Waals surface area contributed by atoms with E-state index in [-0.39, 0.29) is 5.79 Å². The van der Waals surface area contributed by atoms with Gasteiger partial charge in [0, 0.05) is 23.9 Å². The van der Waals surface area contributed by atoms with Crippen molar-refractivity contribution in [2.24, 2.45) is 17.6 Å². The summed E-state index contributed by atoms with van der Waals surface area (Å²) in [7, 11) is 0. The van der Waals surface area contributed by atoms with Gasteiger partial charge in [0.25, 0.3) is 0 Å². The molecule has 9 heavy (non-hydrogen) atoms. The number of rotatable bonds is 0. The largest absolute Gasteiger partial charge is 0.300 e. The molecule has 0 unspecified atom stereocenters. The molecule has 6 rings (SSSR count). The zero-order valence-corrected chi connectivity index (χ0v) is 4.86. The van der Waals surface area contributed by atoms with Gasteiger partial charge in [-0.2, -0.15) is 0 Å². The van der Waals surface area contributed by atoms with Gasteiger partial charge in [-0.25, -0.2) is 0 Å². The number of nitrogens with two attached hydrogens (primary N) is 1. The molecule has 5 heterocycles. The van der Waals surface area contributed by atoms with Gasteiger partial charge in [0.1, 0.15) is 5.79 Å². The Labute approximate surface area is 52.4 Å². The number of piperidine rings is 8. The zero-order chi connectivity index (χ0) is 5.54. The van der Waals surface area contributed by atoms with Crippen LogP contribution >= 0.6 is 0 Å². The van der Waals surface area contributed by atoms with Crippen LogP contribution < -0.4 is 5.73 Å². The van der Waals surface area contributed by atoms with E-state index in [4.69, 9.17) is 5.73 Å². The predicted molar refractivity (Wildman–Crippen MR) is 28.9 cm³/mol. The third-order valence-electron chi connectivity index (χ3n) is 4.40. The Kier molecular flexibility index (Phi) is 0.191. The third kappa shape index (κ3) is 0.0938. The summed E-state index contributed by atoms with van der Waals surface area (Å²) < 4.78 is 0. The Balaban J connectivity index is 1.93. The average molecular weight is 121 g/mol. The molecular formula is C6H7N3. The first-order chi connectivity index (χ1) is 4.37. The van der Waals surface area contributed by atoms with Crippen molar-refractivity contribution in [2.45, 2.75) is 24.0 Å². The number of nitrogens with zero attached hydrogens (tertiary/aromatic N) is 2. The first-order valence-electron chi connectivity index (χ1n) is 3.72. The van der Waals surface area contributed by atoms with Crippen LogP contribution in [0.2, 0.25) is 0 Å². The molecule has 0 aromatic carbocycles. The second kappa shape index (κ2) is 0.516. The lowest BCUT2D eigenvalue weighted by atomic mass is 9.32. The van der Waals surface area contributed by atoms with E-state index >= 15 is 0 Å². The highest BCUT2D eigenvalue weighted by molar-refractivity contribution is 5.51. The maximum absolute atomic E-state index is 6.03. The van der Waals surface area contributed by atoms with Crippen LogP contribution in [0.5, 0.6) is 0 Å². The molecule has 3 heteroatoms. The topological polar surface area (TPSA) is 32.5 Å². The van der Waals surface area contributed by atoms with Gasteiger partial charge < -0.3 is 5.73 Å². The molecule has 0 radical (unpaired) electrons. The molecule has 0 amide bonds. The fraction of sp³-hybridized carbons (Fsp3) is 1.00. The van der Waals surface area contributed by atoms with Gasteiger partial charge in [0.05, 0.1) is 6.17 Å². The second-order valence-electron chi connectivity index (χ2n) is 4.10. The normalized spacial score (nSPS) is 93.7. The standard InChI is InChI=1S/C6H7N3/c7-6-2-3-1-4(2)9(6)5(1)8(3)6/h1-5H,7H2/t1?,2?,3-,4-,5?,6?/m1/s1. The summed E-state index contributed by atoms with van der Waals surface area (Å²) in [5, 5.41) is 0. The Morgan fingerprint density at radius 3 is 2.11 bits per heavy atom. The third-order valence-corrected chi connectivity index (χ3v) is 4.40. The Hall–Kier alpha value is -0.120. The van der Waals surface area contributed by atoms with Crippen LogP contribution in [0, 0.1) is 11.8 Å². The van der Waals surface area contributed by atoms with E-state index in [0.717, 1.165) is 30.1 Å². The summed E-state index contributed by atoms with van der Waals surface area (Å²) in [5.74, 6) is 2.13. The SMILES string of the molecule is NC12C3[C@H]4C5C(N41)N2[C@H]53. The molecule has 6 aliphatic rings. The molecule has 1 saturated carbocycles. The zero-order valence-electron chi connectivity index (χ0n) is 4.86. The van der Waals surface area contributed by atoms with E-state index < -0.39 is 0 Å². The maximum atomic E-state index is 6.03. The Morgan fingerprint density at radius 2 is 1.89 bits per heavy atom. The molecule has 0 aromatic rings. The Morgan fingerprint density at radius 1 is 1.22 bits per heavy atom. The summed E-state index contributed by atoms with van der Waals surface area (Å²) in [4.78, 5) is 4.98. The van der Waals surface area contributed by atoms with Gasteiger partial charge in [0.15, 0.2) is 0 Å². The molecule has 6 fully saturated rings. The van der Waals surface area contributed by atoms with E-state index in [2.05, 4.69) is 9.80 Å². The van der Waals surface area contributed by atoms with Crippen LogP contribution in [0.3, 0.4) is 0 Å². The molecular weight excluding hydrogens is 114 g/mol.